The van der Waals surface area contributed by atoms with Gasteiger partial charge in [0.25, 0.3) is 0 Å². The zero-order valence-electron chi connectivity index (χ0n) is 39.7. The molecule has 0 rings (SSSR count). The van der Waals surface area contributed by atoms with Crippen LogP contribution in [0.15, 0.2) is 48.6 Å². The molecule has 0 heterocycles. The molecule has 0 aliphatic carbocycles. The summed E-state index contributed by atoms with van der Waals surface area (Å²) in [5.41, 5.74) is 0. The second kappa shape index (κ2) is 43.0. The van der Waals surface area contributed by atoms with Crippen LogP contribution in [0.25, 0.3) is 0 Å². The second-order valence-electron chi connectivity index (χ2n) is 17.7. The highest BCUT2D eigenvalue weighted by molar-refractivity contribution is 5.72. The van der Waals surface area contributed by atoms with E-state index in [0.29, 0.717) is 19.3 Å². The van der Waals surface area contributed by atoms with E-state index < -0.39 is 18.1 Å². The number of quaternary nitrogens is 1. The number of carbonyl (C=O) groups excluding carboxylic acids is 2. The lowest BCUT2D eigenvalue weighted by atomic mass is 10.1. The van der Waals surface area contributed by atoms with Gasteiger partial charge in [-0.25, -0.2) is 4.79 Å². The molecule has 0 saturated heterocycles. The molecule has 0 aromatic heterocycles. The Morgan fingerprint density at radius 1 is 0.517 bits per heavy atom. The molecule has 8 nitrogen and oxygen atoms in total. The first-order valence-electron chi connectivity index (χ1n) is 24.7. The Bertz CT molecular complexity index is 1120. The molecule has 0 aliphatic heterocycles. The molecular formula is C52H94NO7+. The number of nitrogens with zero attached hydrogens (tertiary/aromatic N) is 1. The van der Waals surface area contributed by atoms with Gasteiger partial charge in [-0.2, -0.15) is 0 Å². The molecule has 0 spiro atoms. The quantitative estimate of drug-likeness (QED) is 0.0282. The molecule has 0 bridgehead atoms. The highest BCUT2D eigenvalue weighted by atomic mass is 16.6. The van der Waals surface area contributed by atoms with E-state index in [4.69, 9.17) is 14.2 Å². The Kier molecular flexibility index (Phi) is 41.0. The van der Waals surface area contributed by atoms with Crippen LogP contribution in [-0.2, 0) is 28.6 Å². The lowest BCUT2D eigenvalue weighted by molar-refractivity contribution is -0.887. The topological polar surface area (TPSA) is 99.1 Å². The zero-order valence-corrected chi connectivity index (χ0v) is 39.7. The van der Waals surface area contributed by atoms with E-state index in [1.165, 1.54) is 109 Å². The molecule has 348 valence electrons. The van der Waals surface area contributed by atoms with E-state index in [9.17, 15) is 19.5 Å². The van der Waals surface area contributed by atoms with Crippen molar-refractivity contribution in [2.75, 3.05) is 41.0 Å². The van der Waals surface area contributed by atoms with Crippen molar-refractivity contribution in [1.82, 2.24) is 0 Å². The number of allylic oxidation sites excluding steroid dienone is 8. The number of carbonyl (C=O) groups is 3. The molecule has 60 heavy (non-hydrogen) atoms. The monoisotopic (exact) mass is 845 g/mol. The molecule has 1 N–H and O–H groups in total. The summed E-state index contributed by atoms with van der Waals surface area (Å²) in [6.45, 7) is 4.62. The van der Waals surface area contributed by atoms with Crippen molar-refractivity contribution < 1.29 is 38.2 Å². The van der Waals surface area contributed by atoms with Crippen LogP contribution in [-0.4, -0.2) is 80.6 Å². The normalized spacial score (nSPS) is 13.3. The first-order chi connectivity index (χ1) is 29.1. The zero-order chi connectivity index (χ0) is 44.2. The van der Waals surface area contributed by atoms with Gasteiger partial charge in [-0.1, -0.05) is 172 Å². The highest BCUT2D eigenvalue weighted by Gasteiger charge is 2.31. The van der Waals surface area contributed by atoms with Crippen LogP contribution in [0.4, 0.5) is 0 Å². The molecular weight excluding hydrogens is 751 g/mol. The largest absolute Gasteiger partial charge is 0.477 e. The number of carboxylic acids is 1. The van der Waals surface area contributed by atoms with Crippen molar-refractivity contribution in [2.45, 2.75) is 225 Å². The number of hydrogen-bond donors (Lipinski definition) is 1. The van der Waals surface area contributed by atoms with E-state index in [1.807, 2.05) is 21.1 Å². The van der Waals surface area contributed by atoms with E-state index in [1.54, 1.807) is 0 Å². The number of carboxylic acid groups (broad SMARTS) is 1. The predicted molar refractivity (Wildman–Crippen MR) is 252 cm³/mol. The summed E-state index contributed by atoms with van der Waals surface area (Å²) in [6, 6.07) is -0.618. The minimum absolute atomic E-state index is 0.0550. The second-order valence-corrected chi connectivity index (χ2v) is 17.7. The number of aliphatic carboxylic acids is 1. The third-order valence-electron chi connectivity index (χ3n) is 11.0. The van der Waals surface area contributed by atoms with Gasteiger partial charge in [-0.15, -0.1) is 0 Å². The van der Waals surface area contributed by atoms with Crippen molar-refractivity contribution in [3.63, 3.8) is 0 Å². The molecule has 0 amide bonds. The molecule has 0 saturated carbocycles. The smallest absolute Gasteiger partial charge is 0.362 e. The fraction of sp³-hybridized carbons (Fsp3) is 0.788. The lowest BCUT2D eigenvalue weighted by Crippen LogP contribution is -2.50. The summed E-state index contributed by atoms with van der Waals surface area (Å²) in [6.07, 6.45) is 51.6. The van der Waals surface area contributed by atoms with Crippen LogP contribution in [0.1, 0.15) is 213 Å². The van der Waals surface area contributed by atoms with Gasteiger partial charge in [-0.05, 0) is 70.6 Å². The summed E-state index contributed by atoms with van der Waals surface area (Å²) >= 11 is 0. The maximum Gasteiger partial charge on any atom is 0.362 e. The van der Waals surface area contributed by atoms with Crippen molar-refractivity contribution in [1.29, 1.82) is 0 Å². The highest BCUT2D eigenvalue weighted by Crippen LogP contribution is 2.15. The molecule has 8 heteroatoms. The Hall–Kier alpha value is -2.71. The maximum absolute atomic E-state index is 12.8. The molecule has 0 aromatic carbocycles. The van der Waals surface area contributed by atoms with Crippen LogP contribution in [0.5, 0.6) is 0 Å². The van der Waals surface area contributed by atoms with Gasteiger partial charge >= 0.3 is 17.9 Å². The van der Waals surface area contributed by atoms with Crippen molar-refractivity contribution in [3.05, 3.63) is 48.6 Å². The first-order valence-corrected chi connectivity index (χ1v) is 24.7. The minimum atomic E-state index is -0.877. The number of likely N-dealkylation sites (N-methyl/N-ethyl adjacent to an activating group) is 1. The lowest BCUT2D eigenvalue weighted by Gasteiger charge is -2.31. The van der Waals surface area contributed by atoms with Crippen LogP contribution >= 0.6 is 0 Å². The number of hydrogen-bond acceptors (Lipinski definition) is 6. The molecule has 0 aliphatic rings. The van der Waals surface area contributed by atoms with Gasteiger partial charge in [0.1, 0.15) is 6.61 Å². The summed E-state index contributed by atoms with van der Waals surface area (Å²) in [4.78, 5) is 37.1. The Morgan fingerprint density at radius 3 is 1.40 bits per heavy atom. The van der Waals surface area contributed by atoms with Gasteiger partial charge in [0.2, 0.25) is 0 Å². The van der Waals surface area contributed by atoms with Crippen LogP contribution in [0, 0.1) is 0 Å². The van der Waals surface area contributed by atoms with Crippen molar-refractivity contribution in [3.8, 4) is 0 Å². The van der Waals surface area contributed by atoms with Crippen LogP contribution < -0.4 is 0 Å². The fourth-order valence-corrected chi connectivity index (χ4v) is 7.16. The Balaban J connectivity index is 4.28. The van der Waals surface area contributed by atoms with E-state index >= 15 is 0 Å². The van der Waals surface area contributed by atoms with Crippen LogP contribution in [0.2, 0.25) is 0 Å². The van der Waals surface area contributed by atoms with Gasteiger partial charge in [0.05, 0.1) is 34.4 Å². The maximum atomic E-state index is 12.8. The summed E-state index contributed by atoms with van der Waals surface area (Å²) in [5.74, 6) is -1.48. The molecule has 0 radical (unpaired) electrons. The third kappa shape index (κ3) is 40.7. The Morgan fingerprint density at radius 2 is 0.933 bits per heavy atom. The van der Waals surface area contributed by atoms with Gasteiger partial charge in [0.15, 0.2) is 12.1 Å². The molecule has 2 unspecified atom stereocenters. The van der Waals surface area contributed by atoms with E-state index in [2.05, 4.69) is 62.5 Å². The average Bonchev–Trinajstić information content (AvgIpc) is 3.21. The molecule has 0 fully saturated rings. The first kappa shape index (κ1) is 57.3. The average molecular weight is 845 g/mol. The van der Waals surface area contributed by atoms with Crippen LogP contribution in [0.3, 0.4) is 0 Å². The summed E-state index contributed by atoms with van der Waals surface area (Å²) < 4.78 is 17.3. The van der Waals surface area contributed by atoms with Crippen molar-refractivity contribution in [2.24, 2.45) is 0 Å². The Labute approximate surface area is 369 Å². The van der Waals surface area contributed by atoms with E-state index in [0.717, 1.165) is 70.6 Å². The SMILES string of the molecule is CC/C=C/C/C=C/C/C=C/CCCCCCCCC(=O)OCC(COCCC(C(=O)O)[N+](C)(C)C)OC(=O)CCCCCCCCC/C=C/CCCCCCCCCCC. The summed E-state index contributed by atoms with van der Waals surface area (Å²) in [5, 5.41) is 9.64. The number of unbranched alkanes of at least 4 members (excludes halogenated alkanes) is 22. The number of esters is 2. The van der Waals surface area contributed by atoms with Crippen molar-refractivity contribution >= 4 is 17.9 Å². The van der Waals surface area contributed by atoms with Gasteiger partial charge in [0, 0.05) is 19.3 Å². The standard InChI is InChI=1S/C52H93NO7/c1-6-8-10-12-14-16-18-20-22-24-25-26-27-29-31-33-35-37-39-41-43-51(55)60-48(46-58-45-44-49(52(56)57)53(3,4)5)47-59-50(54)42-40-38-36-34-32-30-28-23-21-19-17-15-13-11-9-7-2/h9,11,15,17,21,23,25-26,48-49H,6-8,10,12-14,16,18-20,22,24,27-47H2,1-5H3/p+1/b11-9+,17-15+,23-21+,26-25+. The fourth-order valence-electron chi connectivity index (χ4n) is 7.16. The molecule has 2 atom stereocenters. The third-order valence-corrected chi connectivity index (χ3v) is 11.0. The van der Waals surface area contributed by atoms with Gasteiger partial charge in [-0.3, -0.25) is 9.59 Å². The summed E-state index contributed by atoms with van der Waals surface area (Å²) in [7, 11) is 5.53. The predicted octanol–water partition coefficient (Wildman–Crippen LogP) is 14.0. The van der Waals surface area contributed by atoms with E-state index in [-0.39, 0.29) is 36.2 Å². The molecule has 0 aromatic rings. The number of rotatable bonds is 44. The minimum Gasteiger partial charge on any atom is -0.477 e. The number of ether oxygens (including phenoxy) is 3. The van der Waals surface area contributed by atoms with Gasteiger partial charge < -0.3 is 23.8 Å².